The van der Waals surface area contributed by atoms with E-state index in [0.29, 0.717) is 34.0 Å². The first-order valence-corrected chi connectivity index (χ1v) is 12.3. The van der Waals surface area contributed by atoms with Crippen molar-refractivity contribution in [1.82, 2.24) is 15.0 Å². The topological polar surface area (TPSA) is 108 Å². The molecule has 0 bridgehead atoms. The fourth-order valence-electron chi connectivity index (χ4n) is 4.51. The maximum absolute atomic E-state index is 14.5. The first-order valence-electron chi connectivity index (χ1n) is 11.5. The largest absolute Gasteiger partial charge is 0.478 e. The molecular formula is C26H20F4N4O3S. The molecule has 38 heavy (non-hydrogen) atoms. The van der Waals surface area contributed by atoms with Crippen LogP contribution in [0.2, 0.25) is 0 Å². The van der Waals surface area contributed by atoms with Gasteiger partial charge in [-0.3, -0.25) is 0 Å². The highest BCUT2D eigenvalue weighted by atomic mass is 32.1. The van der Waals surface area contributed by atoms with Crippen molar-refractivity contribution < 1.29 is 32.6 Å². The first-order chi connectivity index (χ1) is 17.9. The number of aromatic carboxylic acids is 1. The number of nitrogens with one attached hydrogen (secondary N) is 1. The van der Waals surface area contributed by atoms with Gasteiger partial charge in [0.15, 0.2) is 0 Å². The van der Waals surface area contributed by atoms with Crippen LogP contribution in [0.4, 0.5) is 29.2 Å². The number of aryl methyl sites for hydroxylation is 2. The number of pyridine rings is 2. The molecule has 3 N–H and O–H groups in total. The van der Waals surface area contributed by atoms with Crippen LogP contribution in [0.15, 0.2) is 48.8 Å². The molecule has 1 aliphatic carbocycles. The number of aliphatic hydroxyl groups is 1. The van der Waals surface area contributed by atoms with Crippen LogP contribution in [-0.4, -0.2) is 31.1 Å². The van der Waals surface area contributed by atoms with Crippen LogP contribution in [0.5, 0.6) is 0 Å². The molecule has 4 aromatic rings. The van der Waals surface area contributed by atoms with E-state index < -0.39 is 34.7 Å². The van der Waals surface area contributed by atoms with E-state index in [9.17, 15) is 32.6 Å². The van der Waals surface area contributed by atoms with E-state index in [1.54, 1.807) is 19.1 Å². The van der Waals surface area contributed by atoms with Gasteiger partial charge in [0.25, 0.3) is 0 Å². The molecule has 0 radical (unpaired) electrons. The predicted molar refractivity (Wildman–Crippen MR) is 132 cm³/mol. The van der Waals surface area contributed by atoms with Crippen molar-refractivity contribution >= 4 is 28.9 Å². The number of alkyl halides is 3. The number of rotatable bonds is 5. The summed E-state index contributed by atoms with van der Waals surface area (Å²) in [5, 5.41) is 24.0. The number of carboxylic acids is 1. The summed E-state index contributed by atoms with van der Waals surface area (Å²) >= 11 is 1.15. The second kappa shape index (κ2) is 9.44. The Labute approximate surface area is 217 Å². The summed E-state index contributed by atoms with van der Waals surface area (Å²) < 4.78 is 53.7. The zero-order chi connectivity index (χ0) is 27.2. The van der Waals surface area contributed by atoms with Gasteiger partial charge in [-0.2, -0.15) is 13.2 Å². The lowest BCUT2D eigenvalue weighted by Gasteiger charge is -2.33. The van der Waals surface area contributed by atoms with E-state index in [-0.39, 0.29) is 23.6 Å². The fourth-order valence-corrected chi connectivity index (χ4v) is 5.52. The van der Waals surface area contributed by atoms with Crippen LogP contribution in [0.3, 0.4) is 0 Å². The molecule has 3 heterocycles. The highest BCUT2D eigenvalue weighted by Crippen LogP contribution is 2.44. The third-order valence-electron chi connectivity index (χ3n) is 6.28. The maximum atomic E-state index is 14.5. The molecule has 3 aromatic heterocycles. The van der Waals surface area contributed by atoms with E-state index in [2.05, 4.69) is 20.3 Å². The van der Waals surface area contributed by atoms with E-state index in [0.717, 1.165) is 41.3 Å². The molecule has 0 unspecified atom stereocenters. The Morgan fingerprint density at radius 3 is 2.66 bits per heavy atom. The van der Waals surface area contributed by atoms with Gasteiger partial charge in [-0.25, -0.2) is 24.1 Å². The van der Waals surface area contributed by atoms with Gasteiger partial charge in [0, 0.05) is 12.4 Å². The van der Waals surface area contributed by atoms with Crippen LogP contribution in [0.1, 0.15) is 50.5 Å². The molecule has 1 atom stereocenters. The van der Waals surface area contributed by atoms with Crippen molar-refractivity contribution in [1.29, 1.82) is 0 Å². The van der Waals surface area contributed by atoms with E-state index in [1.165, 1.54) is 12.3 Å². The molecule has 0 fully saturated rings. The number of halogens is 4. The fraction of sp³-hybridized carbons (Fsp3) is 0.231. The molecule has 0 aliphatic heterocycles. The summed E-state index contributed by atoms with van der Waals surface area (Å²) in [5.41, 5.74) is -0.846. The molecule has 0 saturated carbocycles. The summed E-state index contributed by atoms with van der Waals surface area (Å²) in [6.45, 7) is 1.80. The van der Waals surface area contributed by atoms with Crippen molar-refractivity contribution in [2.24, 2.45) is 0 Å². The molecule has 0 amide bonds. The number of anilines is 2. The molecule has 0 saturated heterocycles. The summed E-state index contributed by atoms with van der Waals surface area (Å²) in [5.74, 6) is -2.07. The van der Waals surface area contributed by atoms with Crippen LogP contribution in [-0.2, 0) is 18.2 Å². The Morgan fingerprint density at radius 2 is 1.92 bits per heavy atom. The monoisotopic (exact) mass is 544 g/mol. The standard InChI is InChI=1S/C26H20F4N4O3S/c1-13-7-19(33-22(8-13)34-21-10-15(4-6-31-21)26(28,29)30)20-12-32-24(38-20)25(37)5-2-3-14-9-16(23(35)36)18(27)11-17(14)25/h4,6-12,37H,2-3,5H2,1H3,(H,35,36)(H,31,33,34)/t25-/m0/s1. The number of carbonyl (C=O) groups is 1. The second-order valence-corrected chi connectivity index (χ2v) is 10.0. The quantitative estimate of drug-likeness (QED) is 0.261. The Morgan fingerprint density at radius 1 is 1.13 bits per heavy atom. The molecular weight excluding hydrogens is 524 g/mol. The van der Waals surface area contributed by atoms with Crippen LogP contribution in [0.25, 0.3) is 10.6 Å². The molecule has 1 aromatic carbocycles. The van der Waals surface area contributed by atoms with Gasteiger partial charge < -0.3 is 15.5 Å². The SMILES string of the molecule is Cc1cc(Nc2cc(C(F)(F)F)ccn2)nc(-c2cnc([C@]3(O)CCCc4cc(C(=O)O)c(F)cc43)s2)c1. The van der Waals surface area contributed by atoms with Crippen LogP contribution >= 0.6 is 11.3 Å². The van der Waals surface area contributed by atoms with E-state index in [4.69, 9.17) is 0 Å². The van der Waals surface area contributed by atoms with Crippen molar-refractivity contribution in [3.05, 3.63) is 87.4 Å². The summed E-state index contributed by atoms with van der Waals surface area (Å²) in [4.78, 5) is 24.7. The molecule has 5 rings (SSSR count). The number of thiazole rings is 1. The van der Waals surface area contributed by atoms with Crippen LogP contribution in [0, 0.1) is 12.7 Å². The Bertz CT molecular complexity index is 1560. The van der Waals surface area contributed by atoms with Gasteiger partial charge >= 0.3 is 12.1 Å². The summed E-state index contributed by atoms with van der Waals surface area (Å²) in [6, 6.07) is 7.50. The normalized spacial score (nSPS) is 17.2. The first kappa shape index (κ1) is 25.7. The Hall–Kier alpha value is -3.90. The lowest BCUT2D eigenvalue weighted by Crippen LogP contribution is -2.32. The lowest BCUT2D eigenvalue weighted by atomic mass is 9.78. The molecule has 0 spiro atoms. The average molecular weight is 545 g/mol. The zero-order valence-corrected chi connectivity index (χ0v) is 20.6. The minimum atomic E-state index is -4.51. The van der Waals surface area contributed by atoms with Crippen molar-refractivity contribution in [2.45, 2.75) is 38.0 Å². The van der Waals surface area contributed by atoms with Crippen LogP contribution < -0.4 is 5.32 Å². The number of carboxylic acid groups (broad SMARTS) is 1. The molecule has 1 aliphatic rings. The third kappa shape index (κ3) is 4.84. The highest BCUT2D eigenvalue weighted by Gasteiger charge is 2.40. The number of fused-ring (bicyclic) bond motifs is 1. The number of hydrogen-bond donors (Lipinski definition) is 3. The van der Waals surface area contributed by atoms with Gasteiger partial charge in [-0.15, -0.1) is 11.3 Å². The molecule has 7 nitrogen and oxygen atoms in total. The Balaban J connectivity index is 1.47. The van der Waals surface area contributed by atoms with Crippen molar-refractivity contribution in [3.63, 3.8) is 0 Å². The van der Waals surface area contributed by atoms with Gasteiger partial charge in [0.1, 0.15) is 28.1 Å². The minimum absolute atomic E-state index is 0.0234. The number of hydrogen-bond acceptors (Lipinski definition) is 7. The van der Waals surface area contributed by atoms with E-state index in [1.807, 2.05) is 0 Å². The highest BCUT2D eigenvalue weighted by molar-refractivity contribution is 7.15. The molecule has 196 valence electrons. The minimum Gasteiger partial charge on any atom is -0.478 e. The molecule has 12 heteroatoms. The maximum Gasteiger partial charge on any atom is 0.416 e. The van der Waals surface area contributed by atoms with Gasteiger partial charge in [0.05, 0.1) is 21.7 Å². The van der Waals surface area contributed by atoms with Gasteiger partial charge in [-0.1, -0.05) is 0 Å². The third-order valence-corrected chi connectivity index (χ3v) is 7.45. The smallest absolute Gasteiger partial charge is 0.416 e. The number of benzene rings is 1. The second-order valence-electron chi connectivity index (χ2n) is 9.01. The van der Waals surface area contributed by atoms with Crippen molar-refractivity contribution in [2.75, 3.05) is 5.32 Å². The number of nitrogens with zero attached hydrogens (tertiary/aromatic N) is 3. The predicted octanol–water partition coefficient (Wildman–Crippen LogP) is 6.08. The zero-order valence-electron chi connectivity index (χ0n) is 19.8. The van der Waals surface area contributed by atoms with Crippen molar-refractivity contribution in [3.8, 4) is 10.6 Å². The van der Waals surface area contributed by atoms with Gasteiger partial charge in [-0.05, 0) is 79.3 Å². The summed E-state index contributed by atoms with van der Waals surface area (Å²) in [7, 11) is 0. The number of aromatic nitrogens is 3. The van der Waals surface area contributed by atoms with Gasteiger partial charge in [0.2, 0.25) is 0 Å². The average Bonchev–Trinajstić information content (AvgIpc) is 3.35. The summed E-state index contributed by atoms with van der Waals surface area (Å²) in [6.07, 6.45) is -0.628. The lowest BCUT2D eigenvalue weighted by molar-refractivity contribution is -0.137. The Kier molecular flexibility index (Phi) is 6.40. The van der Waals surface area contributed by atoms with E-state index >= 15 is 0 Å².